The average molecular weight is 318 g/mol. The van der Waals surface area contributed by atoms with Crippen LogP contribution in [-0.4, -0.2) is 19.3 Å². The second kappa shape index (κ2) is 4.64. The first-order chi connectivity index (χ1) is 10.1. The number of hydrogen-bond donors (Lipinski definition) is 1. The molecule has 3 aromatic rings. The van der Waals surface area contributed by atoms with Gasteiger partial charge in [-0.25, -0.2) is 0 Å². The first-order valence-corrected chi connectivity index (χ1v) is 8.12. The Morgan fingerprint density at radius 2 is 2.33 bits per heavy atom. The number of rotatable bonds is 2. The van der Waals surface area contributed by atoms with Crippen molar-refractivity contribution in [3.63, 3.8) is 0 Å². The maximum Gasteiger partial charge on any atom is 0.263 e. The maximum absolute atomic E-state index is 12.8. The standard InChI is InChI=1S/C14H14N4OS2/c1-17-6-5-8(16-17)7-18-13(19)11-9-3-2-4-10(9)21-12(11)15-14(18)20/h5-6H,2-4,7H2,1H3,(H,15,20). The molecule has 0 radical (unpaired) electrons. The van der Waals surface area contributed by atoms with E-state index in [0.29, 0.717) is 11.3 Å². The zero-order valence-electron chi connectivity index (χ0n) is 11.5. The minimum Gasteiger partial charge on any atom is -0.323 e. The van der Waals surface area contributed by atoms with E-state index in [2.05, 4.69) is 10.1 Å². The number of nitrogens with zero attached hydrogens (tertiary/aromatic N) is 3. The molecule has 5 nitrogen and oxygen atoms in total. The summed E-state index contributed by atoms with van der Waals surface area (Å²) in [6.45, 7) is 0.412. The fraction of sp³-hybridized carbons (Fsp3) is 0.357. The fourth-order valence-electron chi connectivity index (χ4n) is 2.96. The van der Waals surface area contributed by atoms with Gasteiger partial charge in [-0.15, -0.1) is 11.3 Å². The Labute approximate surface area is 129 Å². The molecule has 0 spiro atoms. The summed E-state index contributed by atoms with van der Waals surface area (Å²) in [5.41, 5.74) is 2.07. The summed E-state index contributed by atoms with van der Waals surface area (Å²) in [5, 5.41) is 5.16. The molecule has 1 N–H and O–H groups in total. The van der Waals surface area contributed by atoms with Crippen molar-refractivity contribution >= 4 is 33.8 Å². The van der Waals surface area contributed by atoms with Gasteiger partial charge in [-0.1, -0.05) is 0 Å². The highest BCUT2D eigenvalue weighted by Gasteiger charge is 2.21. The van der Waals surface area contributed by atoms with E-state index in [1.165, 1.54) is 10.4 Å². The van der Waals surface area contributed by atoms with Crippen LogP contribution in [0.4, 0.5) is 0 Å². The largest absolute Gasteiger partial charge is 0.323 e. The number of fused-ring (bicyclic) bond motifs is 3. The molecule has 0 aromatic carbocycles. The van der Waals surface area contributed by atoms with Gasteiger partial charge >= 0.3 is 0 Å². The zero-order chi connectivity index (χ0) is 14.6. The second-order valence-corrected chi connectivity index (χ2v) is 6.86. The Morgan fingerprint density at radius 3 is 3.10 bits per heavy atom. The Bertz CT molecular complexity index is 960. The molecule has 0 fully saturated rings. The van der Waals surface area contributed by atoms with Gasteiger partial charge < -0.3 is 4.98 Å². The van der Waals surface area contributed by atoms with E-state index >= 15 is 0 Å². The van der Waals surface area contributed by atoms with E-state index in [4.69, 9.17) is 12.2 Å². The molecule has 21 heavy (non-hydrogen) atoms. The van der Waals surface area contributed by atoms with Crippen LogP contribution in [0.3, 0.4) is 0 Å². The van der Waals surface area contributed by atoms with Gasteiger partial charge in [0.1, 0.15) is 4.83 Å². The lowest BCUT2D eigenvalue weighted by molar-refractivity contribution is 0.680. The van der Waals surface area contributed by atoms with Gasteiger partial charge in [0.25, 0.3) is 5.56 Å². The van der Waals surface area contributed by atoms with Crippen LogP contribution in [-0.2, 0) is 26.4 Å². The third-order valence-corrected chi connectivity index (χ3v) is 5.46. The van der Waals surface area contributed by atoms with Crippen LogP contribution in [0.2, 0.25) is 0 Å². The van der Waals surface area contributed by atoms with Crippen molar-refractivity contribution < 1.29 is 0 Å². The van der Waals surface area contributed by atoms with Crippen LogP contribution in [0.15, 0.2) is 17.1 Å². The Kier molecular flexibility index (Phi) is 2.87. The van der Waals surface area contributed by atoms with E-state index in [9.17, 15) is 4.79 Å². The average Bonchev–Trinajstić information content (AvgIpc) is 3.10. The zero-order valence-corrected chi connectivity index (χ0v) is 13.2. The molecule has 3 aromatic heterocycles. The highest BCUT2D eigenvalue weighted by atomic mass is 32.1. The van der Waals surface area contributed by atoms with Crippen molar-refractivity contribution in [2.75, 3.05) is 0 Å². The van der Waals surface area contributed by atoms with Crippen LogP contribution < -0.4 is 5.56 Å². The van der Waals surface area contributed by atoms with Crippen molar-refractivity contribution in [1.82, 2.24) is 19.3 Å². The molecule has 0 amide bonds. The number of hydrogen-bond acceptors (Lipinski definition) is 4. The number of aromatic amines is 1. The number of aromatic nitrogens is 4. The first kappa shape index (κ1) is 13.0. The molecule has 0 unspecified atom stereocenters. The normalized spacial score (nSPS) is 14.0. The monoisotopic (exact) mass is 318 g/mol. The first-order valence-electron chi connectivity index (χ1n) is 6.89. The molecule has 4 rings (SSSR count). The molecule has 1 aliphatic rings. The summed E-state index contributed by atoms with van der Waals surface area (Å²) >= 11 is 7.04. The molecule has 0 bridgehead atoms. The Morgan fingerprint density at radius 1 is 1.48 bits per heavy atom. The van der Waals surface area contributed by atoms with Crippen LogP contribution in [0.5, 0.6) is 0 Å². The molecule has 108 valence electrons. The van der Waals surface area contributed by atoms with E-state index < -0.39 is 0 Å². The van der Waals surface area contributed by atoms with Crippen LogP contribution in [0.25, 0.3) is 10.2 Å². The van der Waals surface area contributed by atoms with Crippen molar-refractivity contribution in [3.8, 4) is 0 Å². The summed E-state index contributed by atoms with van der Waals surface area (Å²) in [6.07, 6.45) is 5.09. The summed E-state index contributed by atoms with van der Waals surface area (Å²) < 4.78 is 3.82. The minimum absolute atomic E-state index is 0.0128. The van der Waals surface area contributed by atoms with Gasteiger partial charge in [-0.3, -0.25) is 14.0 Å². The van der Waals surface area contributed by atoms with Crippen molar-refractivity contribution in [2.24, 2.45) is 7.05 Å². The minimum atomic E-state index is 0.0128. The van der Waals surface area contributed by atoms with Crippen molar-refractivity contribution in [1.29, 1.82) is 0 Å². The second-order valence-electron chi connectivity index (χ2n) is 5.36. The number of nitrogens with one attached hydrogen (secondary N) is 1. The molecule has 0 atom stereocenters. The quantitative estimate of drug-likeness (QED) is 0.738. The summed E-state index contributed by atoms with van der Waals surface area (Å²) in [7, 11) is 1.86. The molecule has 1 aliphatic carbocycles. The topological polar surface area (TPSA) is 55.6 Å². The maximum atomic E-state index is 12.8. The lowest BCUT2D eigenvalue weighted by Gasteiger charge is -2.05. The number of aryl methyl sites for hydroxylation is 3. The van der Waals surface area contributed by atoms with Gasteiger partial charge in [-0.05, 0) is 43.1 Å². The number of thiophene rings is 1. The predicted octanol–water partition coefficient (Wildman–Crippen LogP) is 2.39. The molecule has 3 heterocycles. The molecular weight excluding hydrogens is 304 g/mol. The van der Waals surface area contributed by atoms with E-state index in [0.717, 1.165) is 35.2 Å². The molecule has 0 saturated heterocycles. The molecular formula is C14H14N4OS2. The SMILES string of the molecule is Cn1ccc(Cn2c(=S)[nH]c3sc4c(c3c2=O)CCC4)n1. The van der Waals surface area contributed by atoms with Gasteiger partial charge in [0.2, 0.25) is 0 Å². The Balaban J connectivity index is 1.93. The fourth-order valence-corrected chi connectivity index (χ4v) is 4.56. The van der Waals surface area contributed by atoms with Crippen molar-refractivity contribution in [3.05, 3.63) is 43.5 Å². The van der Waals surface area contributed by atoms with Crippen LogP contribution >= 0.6 is 23.6 Å². The molecule has 7 heteroatoms. The molecule has 0 aliphatic heterocycles. The van der Waals surface area contributed by atoms with E-state index in [-0.39, 0.29) is 5.56 Å². The summed E-state index contributed by atoms with van der Waals surface area (Å²) in [4.78, 5) is 18.3. The molecule has 0 saturated carbocycles. The van der Waals surface area contributed by atoms with Gasteiger partial charge in [0, 0.05) is 18.1 Å². The highest BCUT2D eigenvalue weighted by Crippen LogP contribution is 2.34. The summed E-state index contributed by atoms with van der Waals surface area (Å²) in [5.74, 6) is 0. The Hall–Kier alpha value is -1.73. The van der Waals surface area contributed by atoms with Crippen LogP contribution in [0.1, 0.15) is 22.6 Å². The lowest BCUT2D eigenvalue weighted by atomic mass is 10.2. The smallest absolute Gasteiger partial charge is 0.263 e. The van der Waals surface area contributed by atoms with Crippen molar-refractivity contribution in [2.45, 2.75) is 25.8 Å². The predicted molar refractivity (Wildman–Crippen MR) is 85.6 cm³/mol. The highest BCUT2D eigenvalue weighted by molar-refractivity contribution is 7.71. The summed E-state index contributed by atoms with van der Waals surface area (Å²) in [6, 6.07) is 1.91. The van der Waals surface area contributed by atoms with Gasteiger partial charge in [-0.2, -0.15) is 5.10 Å². The van der Waals surface area contributed by atoms with Gasteiger partial charge in [0.05, 0.1) is 17.6 Å². The lowest BCUT2D eigenvalue weighted by Crippen LogP contribution is -2.23. The van der Waals surface area contributed by atoms with Gasteiger partial charge in [0.15, 0.2) is 4.77 Å². The van der Waals surface area contributed by atoms with E-state index in [1.54, 1.807) is 20.6 Å². The van der Waals surface area contributed by atoms with E-state index in [1.807, 2.05) is 19.3 Å². The number of H-pyrrole nitrogens is 1. The third-order valence-electron chi connectivity index (χ3n) is 3.93. The van der Waals surface area contributed by atoms with Crippen LogP contribution in [0, 0.1) is 4.77 Å². The third kappa shape index (κ3) is 1.99.